The van der Waals surface area contributed by atoms with Crippen LogP contribution in [0.25, 0.3) is 22.2 Å². The zero-order valence-corrected chi connectivity index (χ0v) is 18.6. The van der Waals surface area contributed by atoms with Gasteiger partial charge in [-0.1, -0.05) is 18.2 Å². The number of pyridine rings is 1. The number of rotatable bonds is 8. The summed E-state index contributed by atoms with van der Waals surface area (Å²) in [6, 6.07) is 13.1. The molecule has 1 saturated heterocycles. The third-order valence-electron chi connectivity index (χ3n) is 5.70. The van der Waals surface area contributed by atoms with Crippen molar-refractivity contribution in [1.29, 1.82) is 0 Å². The molecule has 4 rings (SSSR count). The minimum absolute atomic E-state index is 0.129. The molecule has 0 spiro atoms. The lowest BCUT2D eigenvalue weighted by atomic mass is 10.0. The number of hydrogen-bond donors (Lipinski definition) is 1. The van der Waals surface area contributed by atoms with E-state index in [9.17, 15) is 4.79 Å². The fourth-order valence-electron chi connectivity index (χ4n) is 4.05. The second kappa shape index (κ2) is 9.87. The Hall–Kier alpha value is -3.32. The van der Waals surface area contributed by atoms with Crippen molar-refractivity contribution < 1.29 is 23.7 Å². The largest absolute Gasteiger partial charge is 0.493 e. The van der Waals surface area contributed by atoms with Crippen molar-refractivity contribution in [2.45, 2.75) is 25.4 Å². The summed E-state index contributed by atoms with van der Waals surface area (Å²) >= 11 is 0. The number of nitrogens with zero attached hydrogens (tertiary/aromatic N) is 1. The SMILES string of the molecule is COc1cc(-c2cc(C(=O)NCCC3CCCO3)c3ccccc3n2)cc(OC)c1OC. The molecule has 1 atom stereocenters. The standard InChI is InChI=1S/C25H28N2O5/c1-29-22-13-16(14-23(30-2)24(22)31-3)21-15-19(18-8-4-5-9-20(18)27-21)25(28)26-11-10-17-7-6-12-32-17/h4-5,8-9,13-15,17H,6-7,10-12H2,1-3H3,(H,26,28). The number of para-hydroxylation sites is 1. The fourth-order valence-corrected chi connectivity index (χ4v) is 4.05. The summed E-state index contributed by atoms with van der Waals surface area (Å²) < 4.78 is 22.0. The molecule has 2 heterocycles. The Balaban J connectivity index is 1.70. The van der Waals surface area contributed by atoms with E-state index in [0.717, 1.165) is 42.3 Å². The Kier molecular flexibility index (Phi) is 6.75. The number of carbonyl (C=O) groups is 1. The first-order valence-corrected chi connectivity index (χ1v) is 10.7. The predicted molar refractivity (Wildman–Crippen MR) is 123 cm³/mol. The van der Waals surface area contributed by atoms with Gasteiger partial charge in [-0.2, -0.15) is 0 Å². The van der Waals surface area contributed by atoms with Gasteiger partial charge in [-0.15, -0.1) is 0 Å². The highest BCUT2D eigenvalue weighted by molar-refractivity contribution is 6.07. The first-order valence-electron chi connectivity index (χ1n) is 10.7. The molecule has 2 aromatic carbocycles. The molecule has 1 N–H and O–H groups in total. The Morgan fingerprint density at radius 2 is 1.84 bits per heavy atom. The summed E-state index contributed by atoms with van der Waals surface area (Å²) in [5.41, 5.74) is 2.72. The van der Waals surface area contributed by atoms with Crippen LogP contribution in [0.15, 0.2) is 42.5 Å². The Labute approximate surface area is 187 Å². The van der Waals surface area contributed by atoms with Gasteiger partial charge in [-0.25, -0.2) is 4.98 Å². The molecule has 1 aliphatic rings. The van der Waals surface area contributed by atoms with Crippen LogP contribution in [0.4, 0.5) is 0 Å². The molecule has 168 valence electrons. The van der Waals surface area contributed by atoms with Crippen LogP contribution in [0.1, 0.15) is 29.6 Å². The maximum absolute atomic E-state index is 13.1. The molecule has 0 radical (unpaired) electrons. The summed E-state index contributed by atoms with van der Waals surface area (Å²) in [5, 5.41) is 3.85. The van der Waals surface area contributed by atoms with Crippen LogP contribution < -0.4 is 19.5 Å². The number of amides is 1. The van der Waals surface area contributed by atoms with E-state index < -0.39 is 0 Å². The molecular weight excluding hydrogens is 408 g/mol. The molecule has 7 nitrogen and oxygen atoms in total. The van der Waals surface area contributed by atoms with Crippen molar-refractivity contribution in [3.8, 4) is 28.5 Å². The number of aromatic nitrogens is 1. The summed E-state index contributed by atoms with van der Waals surface area (Å²) in [7, 11) is 4.71. The molecule has 3 aromatic rings. The minimum atomic E-state index is -0.129. The second-order valence-corrected chi connectivity index (χ2v) is 7.67. The highest BCUT2D eigenvalue weighted by Crippen LogP contribution is 2.41. The average Bonchev–Trinajstić information content (AvgIpc) is 3.35. The smallest absolute Gasteiger partial charge is 0.252 e. The molecular formula is C25H28N2O5. The van der Waals surface area contributed by atoms with E-state index in [1.54, 1.807) is 21.3 Å². The highest BCUT2D eigenvalue weighted by Gasteiger charge is 2.19. The van der Waals surface area contributed by atoms with E-state index in [1.165, 1.54) is 0 Å². The van der Waals surface area contributed by atoms with Crippen LogP contribution in [0.2, 0.25) is 0 Å². The van der Waals surface area contributed by atoms with E-state index in [1.807, 2.05) is 42.5 Å². The molecule has 1 unspecified atom stereocenters. The van der Waals surface area contributed by atoms with Crippen molar-refractivity contribution in [3.63, 3.8) is 0 Å². The summed E-state index contributed by atoms with van der Waals surface area (Å²) in [4.78, 5) is 17.9. The van der Waals surface area contributed by atoms with Crippen molar-refractivity contribution >= 4 is 16.8 Å². The lowest BCUT2D eigenvalue weighted by Gasteiger charge is -2.15. The predicted octanol–water partition coefficient (Wildman–Crippen LogP) is 4.23. The van der Waals surface area contributed by atoms with Crippen LogP contribution in [0.5, 0.6) is 17.2 Å². The fraction of sp³-hybridized carbons (Fsp3) is 0.360. The summed E-state index contributed by atoms with van der Waals surface area (Å²) in [6.07, 6.45) is 3.19. The lowest BCUT2D eigenvalue weighted by molar-refractivity contribution is 0.0908. The molecule has 0 saturated carbocycles. The van der Waals surface area contributed by atoms with E-state index in [4.69, 9.17) is 23.9 Å². The van der Waals surface area contributed by atoms with Crippen LogP contribution >= 0.6 is 0 Å². The summed E-state index contributed by atoms with van der Waals surface area (Å²) in [5.74, 6) is 1.43. The number of ether oxygens (including phenoxy) is 4. The van der Waals surface area contributed by atoms with Crippen LogP contribution in [-0.4, -0.2) is 51.5 Å². The van der Waals surface area contributed by atoms with Gasteiger partial charge in [0.1, 0.15) is 0 Å². The van der Waals surface area contributed by atoms with Crippen molar-refractivity contribution in [3.05, 3.63) is 48.0 Å². The average molecular weight is 437 g/mol. The van der Waals surface area contributed by atoms with Gasteiger partial charge in [0.05, 0.1) is 44.2 Å². The number of nitrogens with one attached hydrogen (secondary N) is 1. The van der Waals surface area contributed by atoms with Crippen LogP contribution in [0.3, 0.4) is 0 Å². The van der Waals surface area contributed by atoms with E-state index in [-0.39, 0.29) is 12.0 Å². The molecule has 0 aliphatic carbocycles. The normalized spacial score (nSPS) is 15.5. The van der Waals surface area contributed by atoms with Gasteiger partial charge in [0.2, 0.25) is 5.75 Å². The lowest BCUT2D eigenvalue weighted by Crippen LogP contribution is -2.27. The second-order valence-electron chi connectivity index (χ2n) is 7.67. The number of carbonyl (C=O) groups excluding carboxylic acids is 1. The molecule has 1 amide bonds. The third kappa shape index (κ3) is 4.48. The zero-order valence-electron chi connectivity index (χ0n) is 18.6. The molecule has 1 aromatic heterocycles. The van der Waals surface area contributed by atoms with Gasteiger partial charge < -0.3 is 24.3 Å². The number of fused-ring (bicyclic) bond motifs is 1. The highest BCUT2D eigenvalue weighted by atomic mass is 16.5. The van der Waals surface area contributed by atoms with Gasteiger partial charge in [-0.3, -0.25) is 4.79 Å². The zero-order chi connectivity index (χ0) is 22.5. The monoisotopic (exact) mass is 436 g/mol. The quantitative estimate of drug-likeness (QED) is 0.569. The van der Waals surface area contributed by atoms with Crippen LogP contribution in [-0.2, 0) is 4.74 Å². The molecule has 1 aliphatic heterocycles. The third-order valence-corrected chi connectivity index (χ3v) is 5.70. The van der Waals surface area contributed by atoms with Gasteiger partial charge in [0.15, 0.2) is 11.5 Å². The van der Waals surface area contributed by atoms with Gasteiger partial charge in [-0.05, 0) is 43.5 Å². The van der Waals surface area contributed by atoms with Gasteiger partial charge in [0.25, 0.3) is 5.91 Å². The van der Waals surface area contributed by atoms with Gasteiger partial charge in [0, 0.05) is 24.1 Å². The molecule has 7 heteroatoms. The summed E-state index contributed by atoms with van der Waals surface area (Å²) in [6.45, 7) is 1.38. The Morgan fingerprint density at radius 1 is 1.09 bits per heavy atom. The topological polar surface area (TPSA) is 78.9 Å². The maximum atomic E-state index is 13.1. The van der Waals surface area contributed by atoms with E-state index in [0.29, 0.717) is 35.1 Å². The van der Waals surface area contributed by atoms with Crippen molar-refractivity contribution in [2.24, 2.45) is 0 Å². The number of methoxy groups -OCH3 is 3. The molecule has 0 bridgehead atoms. The van der Waals surface area contributed by atoms with Crippen molar-refractivity contribution in [1.82, 2.24) is 10.3 Å². The van der Waals surface area contributed by atoms with Crippen LogP contribution in [0, 0.1) is 0 Å². The molecule has 32 heavy (non-hydrogen) atoms. The Morgan fingerprint density at radius 3 is 2.50 bits per heavy atom. The van der Waals surface area contributed by atoms with Crippen molar-refractivity contribution in [2.75, 3.05) is 34.5 Å². The first-order chi connectivity index (χ1) is 15.6. The molecule has 1 fully saturated rings. The maximum Gasteiger partial charge on any atom is 0.252 e. The minimum Gasteiger partial charge on any atom is -0.493 e. The van der Waals surface area contributed by atoms with E-state index >= 15 is 0 Å². The Bertz CT molecular complexity index is 1080. The number of hydrogen-bond acceptors (Lipinski definition) is 6. The van der Waals surface area contributed by atoms with Gasteiger partial charge >= 0.3 is 0 Å². The van der Waals surface area contributed by atoms with E-state index in [2.05, 4.69) is 5.32 Å². The number of benzene rings is 2. The first kappa shape index (κ1) is 21.9.